The first-order valence-corrected chi connectivity index (χ1v) is 13.6. The standard InChI is InChI=1S/C27H27N5O5S2/c1-17-3-8-22-28-24(30-13-11-29(12-14-30)18-4-6-19(37-2)7-5-18)20(25(35)32(22)16-17)15-21-26(36)31(27(38)39-21)10-9-23(33)34/h3-8,15-16H,9-14H2,1-2H3,(H,33,34)/b21-15-. The zero-order chi connectivity index (χ0) is 27.7. The zero-order valence-corrected chi connectivity index (χ0v) is 23.1. The highest BCUT2D eigenvalue weighted by molar-refractivity contribution is 8.26. The van der Waals surface area contributed by atoms with Crippen molar-refractivity contribution in [1.29, 1.82) is 0 Å². The van der Waals surface area contributed by atoms with Gasteiger partial charge in [0.15, 0.2) is 0 Å². The van der Waals surface area contributed by atoms with Gasteiger partial charge in [-0.25, -0.2) is 4.98 Å². The van der Waals surface area contributed by atoms with Gasteiger partial charge in [-0.3, -0.25) is 23.7 Å². The quantitative estimate of drug-likeness (QED) is 0.339. The summed E-state index contributed by atoms with van der Waals surface area (Å²) in [4.78, 5) is 48.6. The number of piperazine rings is 1. The molecule has 2 fully saturated rings. The van der Waals surface area contributed by atoms with Crippen LogP contribution in [0.2, 0.25) is 0 Å². The maximum Gasteiger partial charge on any atom is 0.305 e. The fourth-order valence-corrected chi connectivity index (χ4v) is 5.91. The van der Waals surface area contributed by atoms with Gasteiger partial charge >= 0.3 is 5.97 Å². The molecule has 0 radical (unpaired) electrons. The van der Waals surface area contributed by atoms with Gasteiger partial charge in [0.2, 0.25) is 0 Å². The van der Waals surface area contributed by atoms with E-state index in [1.807, 2.05) is 43.3 Å². The van der Waals surface area contributed by atoms with Crippen molar-refractivity contribution in [1.82, 2.24) is 14.3 Å². The fourth-order valence-electron chi connectivity index (χ4n) is 4.62. The second-order valence-corrected chi connectivity index (χ2v) is 10.9. The Morgan fingerprint density at radius 2 is 1.79 bits per heavy atom. The van der Waals surface area contributed by atoms with Crippen LogP contribution in [0, 0.1) is 6.92 Å². The molecule has 1 aromatic carbocycles. The Bertz CT molecular complexity index is 1540. The van der Waals surface area contributed by atoms with E-state index in [0.717, 1.165) is 41.9 Å². The molecule has 0 aliphatic carbocycles. The molecule has 2 aliphatic heterocycles. The summed E-state index contributed by atoms with van der Waals surface area (Å²) in [7, 11) is 1.64. The van der Waals surface area contributed by atoms with E-state index in [1.165, 1.54) is 9.30 Å². The van der Waals surface area contributed by atoms with E-state index >= 15 is 0 Å². The molecule has 2 aliphatic rings. The van der Waals surface area contributed by atoms with Crippen molar-refractivity contribution in [3.8, 4) is 5.75 Å². The molecule has 0 saturated carbocycles. The highest BCUT2D eigenvalue weighted by Crippen LogP contribution is 2.34. The van der Waals surface area contributed by atoms with E-state index in [-0.39, 0.29) is 27.8 Å². The summed E-state index contributed by atoms with van der Waals surface area (Å²) in [5, 5.41) is 9.03. The molecule has 2 saturated heterocycles. The van der Waals surface area contributed by atoms with Gasteiger partial charge in [-0.15, -0.1) is 0 Å². The third-order valence-corrected chi connectivity index (χ3v) is 8.08. The van der Waals surface area contributed by atoms with Crippen LogP contribution in [0.15, 0.2) is 52.3 Å². The van der Waals surface area contributed by atoms with E-state index < -0.39 is 11.9 Å². The number of thiocarbonyl (C=S) groups is 1. The molecular formula is C27H27N5O5S2. The predicted molar refractivity (Wildman–Crippen MR) is 156 cm³/mol. The largest absolute Gasteiger partial charge is 0.497 e. The molecule has 202 valence electrons. The van der Waals surface area contributed by atoms with Gasteiger partial charge in [0.1, 0.15) is 21.5 Å². The number of rotatable bonds is 7. The lowest BCUT2D eigenvalue weighted by molar-refractivity contribution is -0.137. The van der Waals surface area contributed by atoms with Crippen LogP contribution < -0.4 is 20.1 Å². The van der Waals surface area contributed by atoms with Gasteiger partial charge in [-0.2, -0.15) is 0 Å². The van der Waals surface area contributed by atoms with Crippen LogP contribution in [0.5, 0.6) is 5.75 Å². The molecule has 0 atom stereocenters. The number of anilines is 2. The van der Waals surface area contributed by atoms with Crippen LogP contribution >= 0.6 is 24.0 Å². The molecule has 5 rings (SSSR count). The number of hydrogen-bond donors (Lipinski definition) is 1. The lowest BCUT2D eigenvalue weighted by atomic mass is 10.2. The van der Waals surface area contributed by atoms with Crippen LogP contribution in [0.3, 0.4) is 0 Å². The Kier molecular flexibility index (Phi) is 7.58. The van der Waals surface area contributed by atoms with Crippen molar-refractivity contribution in [3.63, 3.8) is 0 Å². The van der Waals surface area contributed by atoms with Crippen molar-refractivity contribution >= 4 is 63.4 Å². The number of nitrogens with zero attached hydrogens (tertiary/aromatic N) is 5. The molecule has 1 amide bonds. The van der Waals surface area contributed by atoms with E-state index in [0.29, 0.717) is 30.1 Å². The summed E-state index contributed by atoms with van der Waals surface area (Å²) in [6.45, 7) is 4.56. The van der Waals surface area contributed by atoms with Crippen molar-refractivity contribution in [2.75, 3.05) is 49.6 Å². The first-order chi connectivity index (χ1) is 18.7. The number of thioether (sulfide) groups is 1. The number of amides is 1. The van der Waals surface area contributed by atoms with E-state index in [2.05, 4.69) is 9.80 Å². The zero-order valence-electron chi connectivity index (χ0n) is 21.5. The minimum absolute atomic E-state index is 0.0222. The first-order valence-electron chi connectivity index (χ1n) is 12.4. The number of aromatic nitrogens is 2. The second-order valence-electron chi connectivity index (χ2n) is 9.24. The number of aliphatic carboxylic acids is 1. The number of benzene rings is 1. The molecule has 4 heterocycles. The lowest BCUT2D eigenvalue weighted by Gasteiger charge is -2.37. The second kappa shape index (κ2) is 11.1. The molecule has 0 spiro atoms. The van der Waals surface area contributed by atoms with E-state index in [1.54, 1.807) is 19.4 Å². The van der Waals surface area contributed by atoms with Crippen molar-refractivity contribution < 1.29 is 19.4 Å². The Morgan fingerprint density at radius 1 is 1.10 bits per heavy atom. The molecule has 39 heavy (non-hydrogen) atoms. The number of pyridine rings is 1. The van der Waals surface area contributed by atoms with Crippen LogP contribution in [-0.2, 0) is 9.59 Å². The van der Waals surface area contributed by atoms with Gasteiger partial charge in [-0.1, -0.05) is 30.0 Å². The van der Waals surface area contributed by atoms with Gasteiger partial charge < -0.3 is 19.6 Å². The number of carboxylic acids is 1. The van der Waals surface area contributed by atoms with Crippen LogP contribution in [0.25, 0.3) is 11.7 Å². The predicted octanol–water partition coefficient (Wildman–Crippen LogP) is 3.01. The fraction of sp³-hybridized carbons (Fsp3) is 0.296. The highest BCUT2D eigenvalue weighted by atomic mass is 32.2. The van der Waals surface area contributed by atoms with Crippen molar-refractivity contribution in [2.24, 2.45) is 0 Å². The summed E-state index contributed by atoms with van der Waals surface area (Å²) in [6, 6.07) is 11.6. The molecule has 3 aromatic rings. The average Bonchev–Trinajstić information content (AvgIpc) is 3.20. The number of carboxylic acid groups (broad SMARTS) is 1. The molecule has 2 aromatic heterocycles. The van der Waals surface area contributed by atoms with Crippen molar-refractivity contribution in [3.05, 3.63) is 69.0 Å². The number of hydrogen-bond acceptors (Lipinski definition) is 9. The maximum absolute atomic E-state index is 13.7. The molecule has 1 N–H and O–H groups in total. The average molecular weight is 566 g/mol. The van der Waals surface area contributed by atoms with E-state index in [4.69, 9.17) is 27.0 Å². The number of fused-ring (bicyclic) bond motifs is 1. The molecule has 0 unspecified atom stereocenters. The van der Waals surface area contributed by atoms with Gasteiger partial charge in [0, 0.05) is 44.6 Å². The van der Waals surface area contributed by atoms with Crippen molar-refractivity contribution in [2.45, 2.75) is 13.3 Å². The number of aryl methyl sites for hydroxylation is 1. The summed E-state index contributed by atoms with van der Waals surface area (Å²) in [6.07, 6.45) is 3.06. The first kappa shape index (κ1) is 26.7. The minimum Gasteiger partial charge on any atom is -0.497 e. The summed E-state index contributed by atoms with van der Waals surface area (Å²) in [5.41, 5.74) is 2.52. The summed E-state index contributed by atoms with van der Waals surface area (Å²) >= 11 is 6.40. The molecule has 10 nitrogen and oxygen atoms in total. The Balaban J connectivity index is 1.48. The third kappa shape index (κ3) is 5.48. The summed E-state index contributed by atoms with van der Waals surface area (Å²) < 4.78 is 7.02. The van der Waals surface area contributed by atoms with Crippen LogP contribution in [-0.4, -0.2) is 75.4 Å². The van der Waals surface area contributed by atoms with Crippen LogP contribution in [0.4, 0.5) is 11.5 Å². The van der Waals surface area contributed by atoms with Gasteiger partial charge in [0.05, 0.1) is 24.0 Å². The molecular weight excluding hydrogens is 538 g/mol. The Morgan fingerprint density at radius 3 is 2.46 bits per heavy atom. The molecule has 0 bridgehead atoms. The Hall–Kier alpha value is -3.90. The maximum atomic E-state index is 13.7. The Labute approximate surface area is 234 Å². The number of methoxy groups -OCH3 is 1. The topological polar surface area (TPSA) is 108 Å². The monoisotopic (exact) mass is 565 g/mol. The lowest BCUT2D eigenvalue weighted by Crippen LogP contribution is -2.47. The molecule has 12 heteroatoms. The normalized spacial score (nSPS) is 17.0. The SMILES string of the molecule is COc1ccc(N2CCN(c3nc4ccc(C)cn4c(=O)c3/C=C3\SC(=S)N(CCC(=O)O)C3=O)CC2)cc1. The number of ether oxygens (including phenoxy) is 1. The smallest absolute Gasteiger partial charge is 0.305 e. The van der Waals surface area contributed by atoms with Crippen LogP contribution in [0.1, 0.15) is 17.5 Å². The van der Waals surface area contributed by atoms with Gasteiger partial charge in [-0.05, 0) is 48.9 Å². The van der Waals surface area contributed by atoms with Gasteiger partial charge in [0.25, 0.3) is 11.5 Å². The summed E-state index contributed by atoms with van der Waals surface area (Å²) in [5.74, 6) is -0.118. The highest BCUT2D eigenvalue weighted by Gasteiger charge is 2.33. The number of carbonyl (C=O) groups is 2. The number of carbonyl (C=O) groups excluding carboxylic acids is 1. The third-order valence-electron chi connectivity index (χ3n) is 6.70. The minimum atomic E-state index is -1.02. The van der Waals surface area contributed by atoms with E-state index in [9.17, 15) is 14.4 Å².